The van der Waals surface area contributed by atoms with Gasteiger partial charge in [0.15, 0.2) is 0 Å². The van der Waals surface area contributed by atoms with Gasteiger partial charge in [0.2, 0.25) is 0 Å². The molecule has 142 valence electrons. The number of benzene rings is 1. The Balaban J connectivity index is 2.20. The van der Waals surface area contributed by atoms with Gasteiger partial charge in [0.1, 0.15) is 11.8 Å². The van der Waals surface area contributed by atoms with Gasteiger partial charge in [0.25, 0.3) is 0 Å². The van der Waals surface area contributed by atoms with E-state index < -0.39 is 0 Å². The molecule has 0 radical (unpaired) electrons. The van der Waals surface area contributed by atoms with Crippen LogP contribution >= 0.6 is 11.8 Å². The standard InChI is InChI=1S/C23H27NO2S/c1-7-20-21(9-10-22(20)25)15(4)16(5)27-17(6)18-8-11-23(26-14(2)3)19(12-18)13-24/h7-8,11-12,14,22,25H,5-6,9-10H2,1-4H3/b20-7+,21-15+. The molecule has 1 aromatic carbocycles. The first kappa shape index (κ1) is 21.1. The van der Waals surface area contributed by atoms with E-state index in [1.54, 1.807) is 6.07 Å². The molecule has 1 N–H and O–H groups in total. The zero-order valence-electron chi connectivity index (χ0n) is 16.5. The van der Waals surface area contributed by atoms with E-state index >= 15 is 0 Å². The Morgan fingerprint density at radius 2 is 2.11 bits per heavy atom. The average molecular weight is 382 g/mol. The predicted octanol–water partition coefficient (Wildman–Crippen LogP) is 5.98. The van der Waals surface area contributed by atoms with Gasteiger partial charge in [-0.25, -0.2) is 0 Å². The molecule has 0 spiro atoms. The van der Waals surface area contributed by atoms with Crippen molar-refractivity contribution in [3.8, 4) is 11.8 Å². The van der Waals surface area contributed by atoms with Crippen LogP contribution in [0.4, 0.5) is 0 Å². The van der Waals surface area contributed by atoms with Crippen molar-refractivity contribution >= 4 is 16.7 Å². The molecule has 1 unspecified atom stereocenters. The second-order valence-corrected chi connectivity index (χ2v) is 8.03. The molecule has 1 saturated carbocycles. The number of thioether (sulfide) groups is 1. The predicted molar refractivity (Wildman–Crippen MR) is 114 cm³/mol. The van der Waals surface area contributed by atoms with Gasteiger partial charge < -0.3 is 9.84 Å². The smallest absolute Gasteiger partial charge is 0.137 e. The summed E-state index contributed by atoms with van der Waals surface area (Å²) in [6.07, 6.45) is 3.23. The molecule has 2 rings (SSSR count). The number of allylic oxidation sites excluding steroid dienone is 2. The molecule has 1 atom stereocenters. The minimum absolute atomic E-state index is 0.0113. The molecule has 1 fully saturated rings. The van der Waals surface area contributed by atoms with Gasteiger partial charge >= 0.3 is 0 Å². The van der Waals surface area contributed by atoms with Gasteiger partial charge in [-0.2, -0.15) is 5.26 Å². The first-order chi connectivity index (χ1) is 12.8. The molecule has 4 heteroatoms. The van der Waals surface area contributed by atoms with Crippen LogP contribution < -0.4 is 4.74 Å². The Morgan fingerprint density at radius 3 is 2.70 bits per heavy atom. The summed E-state index contributed by atoms with van der Waals surface area (Å²) < 4.78 is 5.68. The van der Waals surface area contributed by atoms with E-state index in [2.05, 4.69) is 19.2 Å². The highest BCUT2D eigenvalue weighted by molar-refractivity contribution is 8.11. The Hall–Kier alpha value is -2.22. The van der Waals surface area contributed by atoms with E-state index in [9.17, 15) is 10.4 Å². The molecule has 0 heterocycles. The Kier molecular flexibility index (Phi) is 7.12. The van der Waals surface area contributed by atoms with Crippen molar-refractivity contribution in [2.75, 3.05) is 0 Å². The lowest BCUT2D eigenvalue weighted by atomic mass is 10.0. The van der Waals surface area contributed by atoms with Crippen LogP contribution in [0.2, 0.25) is 0 Å². The number of nitrogens with zero attached hydrogens (tertiary/aromatic N) is 1. The molecule has 0 bridgehead atoms. The molecular formula is C23H27NO2S. The summed E-state index contributed by atoms with van der Waals surface area (Å²) in [6, 6.07) is 7.73. The fourth-order valence-corrected chi connectivity index (χ4v) is 3.97. The van der Waals surface area contributed by atoms with Crippen molar-refractivity contribution in [3.05, 3.63) is 70.2 Å². The third-order valence-corrected chi connectivity index (χ3v) is 5.62. The van der Waals surface area contributed by atoms with Crippen LogP contribution in [0.3, 0.4) is 0 Å². The van der Waals surface area contributed by atoms with Crippen molar-refractivity contribution in [3.63, 3.8) is 0 Å². The van der Waals surface area contributed by atoms with E-state index in [1.165, 1.54) is 17.3 Å². The van der Waals surface area contributed by atoms with E-state index in [0.717, 1.165) is 39.4 Å². The summed E-state index contributed by atoms with van der Waals surface area (Å²) in [5.41, 5.74) is 4.64. The van der Waals surface area contributed by atoms with Crippen LogP contribution in [0, 0.1) is 11.3 Å². The van der Waals surface area contributed by atoms with Gasteiger partial charge in [0, 0.05) is 9.81 Å². The summed E-state index contributed by atoms with van der Waals surface area (Å²) in [4.78, 5) is 1.73. The van der Waals surface area contributed by atoms with Gasteiger partial charge in [-0.3, -0.25) is 0 Å². The number of hydrogen-bond acceptors (Lipinski definition) is 4. The Bertz CT molecular complexity index is 856. The summed E-state index contributed by atoms with van der Waals surface area (Å²) in [6.45, 7) is 16.2. The fourth-order valence-electron chi connectivity index (χ4n) is 3.15. The molecule has 1 aliphatic carbocycles. The number of nitriles is 1. The molecule has 27 heavy (non-hydrogen) atoms. The lowest BCUT2D eigenvalue weighted by Gasteiger charge is -2.15. The molecule has 3 nitrogen and oxygen atoms in total. The highest BCUT2D eigenvalue weighted by Crippen LogP contribution is 2.41. The second-order valence-electron chi connectivity index (χ2n) is 6.84. The highest BCUT2D eigenvalue weighted by atomic mass is 32.2. The van der Waals surface area contributed by atoms with Gasteiger partial charge in [-0.15, -0.1) is 0 Å². The van der Waals surface area contributed by atoms with E-state index in [0.29, 0.717) is 11.3 Å². The SMILES string of the molecule is C=C(SC(=C)c1ccc(OC(C)C)c(C#N)c1)/C(C)=C1\CCC(O)\C1=C\C. The quantitative estimate of drug-likeness (QED) is 0.658. The number of aliphatic hydroxyl groups is 1. The highest BCUT2D eigenvalue weighted by Gasteiger charge is 2.25. The Morgan fingerprint density at radius 1 is 1.41 bits per heavy atom. The summed E-state index contributed by atoms with van der Waals surface area (Å²) in [5.74, 6) is 0.587. The lowest BCUT2D eigenvalue weighted by molar-refractivity contribution is 0.218. The van der Waals surface area contributed by atoms with Crippen LogP contribution in [0.15, 0.2) is 59.1 Å². The number of hydrogen-bond donors (Lipinski definition) is 1. The maximum absolute atomic E-state index is 10.1. The van der Waals surface area contributed by atoms with Crippen molar-refractivity contribution in [1.82, 2.24) is 0 Å². The number of aliphatic hydroxyl groups excluding tert-OH is 1. The largest absolute Gasteiger partial charge is 0.490 e. The van der Waals surface area contributed by atoms with E-state index in [1.807, 2.05) is 45.9 Å². The van der Waals surface area contributed by atoms with Gasteiger partial charge in [0.05, 0.1) is 17.8 Å². The Labute approximate surface area is 166 Å². The molecule has 0 aromatic heterocycles. The molecule has 1 aromatic rings. The summed E-state index contributed by atoms with van der Waals surface area (Å²) >= 11 is 1.49. The van der Waals surface area contributed by atoms with Crippen LogP contribution in [0.1, 0.15) is 51.7 Å². The first-order valence-electron chi connectivity index (χ1n) is 9.10. The molecular weight excluding hydrogens is 354 g/mol. The zero-order valence-corrected chi connectivity index (χ0v) is 17.3. The second kappa shape index (κ2) is 9.12. The van der Waals surface area contributed by atoms with Gasteiger partial charge in [-0.1, -0.05) is 37.1 Å². The lowest BCUT2D eigenvalue weighted by Crippen LogP contribution is -2.06. The molecule has 0 aliphatic heterocycles. The molecule has 0 saturated heterocycles. The van der Waals surface area contributed by atoms with Crippen molar-refractivity contribution in [2.45, 2.75) is 52.7 Å². The summed E-state index contributed by atoms with van der Waals surface area (Å²) in [5, 5.41) is 19.5. The molecule has 1 aliphatic rings. The van der Waals surface area contributed by atoms with Crippen LogP contribution in [0.25, 0.3) is 4.91 Å². The van der Waals surface area contributed by atoms with Gasteiger partial charge in [-0.05, 0) is 75.0 Å². The third-order valence-electron chi connectivity index (χ3n) is 4.59. The molecule has 0 amide bonds. The normalized spacial score (nSPS) is 19.9. The van der Waals surface area contributed by atoms with Crippen molar-refractivity contribution < 1.29 is 9.84 Å². The maximum atomic E-state index is 10.1. The summed E-state index contributed by atoms with van der Waals surface area (Å²) in [7, 11) is 0. The first-order valence-corrected chi connectivity index (χ1v) is 9.91. The van der Waals surface area contributed by atoms with E-state index in [4.69, 9.17) is 4.74 Å². The minimum Gasteiger partial charge on any atom is -0.490 e. The topological polar surface area (TPSA) is 53.2 Å². The van der Waals surface area contributed by atoms with E-state index in [-0.39, 0.29) is 12.2 Å². The zero-order chi connectivity index (χ0) is 20.1. The average Bonchev–Trinajstić information content (AvgIpc) is 3.01. The van der Waals surface area contributed by atoms with Crippen molar-refractivity contribution in [2.24, 2.45) is 0 Å². The van der Waals surface area contributed by atoms with Crippen LogP contribution in [-0.4, -0.2) is 17.3 Å². The van der Waals surface area contributed by atoms with Crippen molar-refractivity contribution in [1.29, 1.82) is 5.26 Å². The maximum Gasteiger partial charge on any atom is 0.137 e. The fraction of sp³-hybridized carbons (Fsp3) is 0.348. The number of rotatable bonds is 6. The third kappa shape index (κ3) is 4.94. The minimum atomic E-state index is -0.382. The monoisotopic (exact) mass is 381 g/mol. The van der Waals surface area contributed by atoms with Crippen LogP contribution in [-0.2, 0) is 0 Å². The van der Waals surface area contributed by atoms with Crippen LogP contribution in [0.5, 0.6) is 5.75 Å². The number of ether oxygens (including phenoxy) is 1.